The molecule has 0 heterocycles. The lowest BCUT2D eigenvalue weighted by Gasteiger charge is -2.21. The second kappa shape index (κ2) is 6.15. The minimum atomic E-state index is -0.136. The molecule has 0 bridgehead atoms. The quantitative estimate of drug-likeness (QED) is 0.852. The summed E-state index contributed by atoms with van der Waals surface area (Å²) in [7, 11) is 0. The van der Waals surface area contributed by atoms with E-state index in [1.807, 2.05) is 24.3 Å². The number of rotatable bonds is 3. The molecule has 0 saturated heterocycles. The average molecular weight is 298 g/mol. The van der Waals surface area contributed by atoms with Crippen molar-refractivity contribution in [1.82, 2.24) is 5.32 Å². The largest absolute Gasteiger partial charge is 0.345 e. The standard InChI is InChI=1S/C18H16ClNO/c19-12-11-17(21)20-18-15-7-3-1-5-13(15)9-10-14-6-2-4-8-16(14)18/h1-10,18H,11-12H2,(H,20,21). The summed E-state index contributed by atoms with van der Waals surface area (Å²) in [5, 5.41) is 3.11. The number of nitrogens with one attached hydrogen (secondary N) is 1. The number of benzene rings is 2. The molecule has 1 aliphatic rings. The summed E-state index contributed by atoms with van der Waals surface area (Å²) in [5.41, 5.74) is 4.48. The van der Waals surface area contributed by atoms with Gasteiger partial charge in [0.05, 0.1) is 6.04 Å². The van der Waals surface area contributed by atoms with E-state index in [4.69, 9.17) is 11.6 Å². The lowest BCUT2D eigenvalue weighted by Crippen LogP contribution is -2.30. The van der Waals surface area contributed by atoms with Crippen LogP contribution in [-0.4, -0.2) is 11.8 Å². The van der Waals surface area contributed by atoms with Gasteiger partial charge in [-0.25, -0.2) is 0 Å². The van der Waals surface area contributed by atoms with Gasteiger partial charge in [-0.15, -0.1) is 11.6 Å². The first-order chi connectivity index (χ1) is 10.3. The van der Waals surface area contributed by atoms with Crippen LogP contribution in [0.2, 0.25) is 0 Å². The van der Waals surface area contributed by atoms with E-state index in [0.29, 0.717) is 12.3 Å². The van der Waals surface area contributed by atoms with Crippen molar-refractivity contribution >= 4 is 29.7 Å². The van der Waals surface area contributed by atoms with Gasteiger partial charge in [0.15, 0.2) is 0 Å². The molecular formula is C18H16ClNO. The second-order valence-corrected chi connectivity index (χ2v) is 5.41. The van der Waals surface area contributed by atoms with Gasteiger partial charge in [-0.3, -0.25) is 4.79 Å². The van der Waals surface area contributed by atoms with Crippen molar-refractivity contribution in [2.45, 2.75) is 12.5 Å². The minimum absolute atomic E-state index is 0.0264. The molecule has 3 rings (SSSR count). The molecule has 1 N–H and O–H groups in total. The number of alkyl halides is 1. The third-order valence-electron chi connectivity index (χ3n) is 3.68. The predicted molar refractivity (Wildman–Crippen MR) is 87.1 cm³/mol. The molecule has 2 aromatic rings. The number of fused-ring (bicyclic) bond motifs is 2. The Labute approximate surface area is 129 Å². The Balaban J connectivity index is 2.08. The number of carbonyl (C=O) groups is 1. The molecular weight excluding hydrogens is 282 g/mol. The maximum absolute atomic E-state index is 12.0. The molecule has 1 amide bonds. The highest BCUT2D eigenvalue weighted by Gasteiger charge is 2.22. The van der Waals surface area contributed by atoms with Crippen molar-refractivity contribution in [3.63, 3.8) is 0 Å². The van der Waals surface area contributed by atoms with Crippen molar-refractivity contribution in [2.24, 2.45) is 0 Å². The summed E-state index contributed by atoms with van der Waals surface area (Å²) in [4.78, 5) is 12.0. The van der Waals surface area contributed by atoms with E-state index in [9.17, 15) is 4.79 Å². The summed E-state index contributed by atoms with van der Waals surface area (Å²) >= 11 is 5.67. The lowest BCUT2D eigenvalue weighted by atomic mass is 9.94. The van der Waals surface area contributed by atoms with Crippen LogP contribution < -0.4 is 5.32 Å². The zero-order valence-electron chi connectivity index (χ0n) is 11.6. The highest BCUT2D eigenvalue weighted by Crippen LogP contribution is 2.32. The van der Waals surface area contributed by atoms with E-state index in [1.54, 1.807) is 0 Å². The number of amides is 1. The van der Waals surface area contributed by atoms with E-state index < -0.39 is 0 Å². The van der Waals surface area contributed by atoms with E-state index in [2.05, 4.69) is 41.7 Å². The van der Waals surface area contributed by atoms with Crippen LogP contribution in [-0.2, 0) is 4.79 Å². The van der Waals surface area contributed by atoms with Crippen LogP contribution in [0.3, 0.4) is 0 Å². The molecule has 0 aliphatic heterocycles. The SMILES string of the molecule is O=C(CCCl)NC1c2ccccc2C=Cc2ccccc21. The normalized spacial score (nSPS) is 13.2. The van der Waals surface area contributed by atoms with Crippen LogP contribution in [0.1, 0.15) is 34.7 Å². The molecule has 0 spiro atoms. The van der Waals surface area contributed by atoms with Crippen molar-refractivity contribution in [2.75, 3.05) is 5.88 Å². The molecule has 0 fully saturated rings. The van der Waals surface area contributed by atoms with Crippen molar-refractivity contribution < 1.29 is 4.79 Å². The van der Waals surface area contributed by atoms with Gasteiger partial charge in [-0.1, -0.05) is 60.7 Å². The molecule has 2 aromatic carbocycles. The highest BCUT2D eigenvalue weighted by atomic mass is 35.5. The molecule has 2 nitrogen and oxygen atoms in total. The maximum atomic E-state index is 12.0. The molecule has 106 valence electrons. The van der Waals surface area contributed by atoms with Gasteiger partial charge in [-0.2, -0.15) is 0 Å². The van der Waals surface area contributed by atoms with E-state index in [1.165, 1.54) is 0 Å². The van der Waals surface area contributed by atoms with Crippen molar-refractivity contribution in [3.05, 3.63) is 70.8 Å². The number of halogens is 1. The summed E-state index contributed by atoms with van der Waals surface area (Å²) < 4.78 is 0. The fraction of sp³-hybridized carbons (Fsp3) is 0.167. The third-order valence-corrected chi connectivity index (χ3v) is 3.87. The van der Waals surface area contributed by atoms with Gasteiger partial charge in [-0.05, 0) is 22.3 Å². The van der Waals surface area contributed by atoms with Gasteiger partial charge in [0.25, 0.3) is 0 Å². The third kappa shape index (κ3) is 2.86. The zero-order chi connectivity index (χ0) is 14.7. The summed E-state index contributed by atoms with van der Waals surface area (Å²) in [6, 6.07) is 16.1. The Morgan fingerprint density at radius 1 is 0.952 bits per heavy atom. The molecule has 1 aliphatic carbocycles. The Morgan fingerprint density at radius 3 is 2.00 bits per heavy atom. The second-order valence-electron chi connectivity index (χ2n) is 5.03. The molecule has 3 heteroatoms. The van der Waals surface area contributed by atoms with Crippen molar-refractivity contribution in [1.29, 1.82) is 0 Å². The maximum Gasteiger partial charge on any atom is 0.221 e. The smallest absolute Gasteiger partial charge is 0.221 e. The molecule has 0 atom stereocenters. The first-order valence-electron chi connectivity index (χ1n) is 7.01. The summed E-state index contributed by atoms with van der Waals surface area (Å²) in [6.07, 6.45) is 4.53. The van der Waals surface area contributed by atoms with Gasteiger partial charge in [0.2, 0.25) is 5.91 Å². The summed E-state index contributed by atoms with van der Waals surface area (Å²) in [6.45, 7) is 0. The van der Waals surface area contributed by atoms with Crippen LogP contribution >= 0.6 is 11.6 Å². The Morgan fingerprint density at radius 2 is 1.48 bits per heavy atom. The monoisotopic (exact) mass is 297 g/mol. The molecule has 0 unspecified atom stereocenters. The van der Waals surface area contributed by atoms with Gasteiger partial charge in [0.1, 0.15) is 0 Å². The lowest BCUT2D eigenvalue weighted by molar-refractivity contribution is -0.121. The van der Waals surface area contributed by atoms with Gasteiger partial charge >= 0.3 is 0 Å². The molecule has 0 radical (unpaired) electrons. The minimum Gasteiger partial charge on any atom is -0.345 e. The van der Waals surface area contributed by atoms with Crippen LogP contribution in [0.4, 0.5) is 0 Å². The van der Waals surface area contributed by atoms with E-state index in [-0.39, 0.29) is 11.9 Å². The first-order valence-corrected chi connectivity index (χ1v) is 7.54. The molecule has 21 heavy (non-hydrogen) atoms. The van der Waals surface area contributed by atoms with Crippen LogP contribution in [0.5, 0.6) is 0 Å². The summed E-state index contributed by atoms with van der Waals surface area (Å²) in [5.74, 6) is 0.307. The molecule has 0 saturated carbocycles. The fourth-order valence-electron chi connectivity index (χ4n) is 2.67. The Hall–Kier alpha value is -2.06. The number of carbonyl (C=O) groups excluding carboxylic acids is 1. The Kier molecular flexibility index (Phi) is 4.07. The van der Waals surface area contributed by atoms with Crippen LogP contribution in [0, 0.1) is 0 Å². The average Bonchev–Trinajstić information content (AvgIpc) is 2.66. The number of hydrogen-bond acceptors (Lipinski definition) is 1. The zero-order valence-corrected chi connectivity index (χ0v) is 12.3. The van der Waals surface area contributed by atoms with Crippen LogP contribution in [0.15, 0.2) is 48.5 Å². The van der Waals surface area contributed by atoms with Crippen molar-refractivity contribution in [3.8, 4) is 0 Å². The first kappa shape index (κ1) is 13.9. The van der Waals surface area contributed by atoms with E-state index in [0.717, 1.165) is 22.3 Å². The predicted octanol–water partition coefficient (Wildman–Crippen LogP) is 4.00. The highest BCUT2D eigenvalue weighted by molar-refractivity contribution is 6.18. The van der Waals surface area contributed by atoms with E-state index >= 15 is 0 Å². The molecule has 0 aromatic heterocycles. The van der Waals surface area contributed by atoms with Gasteiger partial charge in [0, 0.05) is 12.3 Å². The Bertz CT molecular complexity index is 644. The number of hydrogen-bond donors (Lipinski definition) is 1. The van der Waals surface area contributed by atoms with Crippen LogP contribution in [0.25, 0.3) is 12.2 Å². The topological polar surface area (TPSA) is 29.1 Å². The van der Waals surface area contributed by atoms with Gasteiger partial charge < -0.3 is 5.32 Å². The fourth-order valence-corrected chi connectivity index (χ4v) is 2.84.